The van der Waals surface area contributed by atoms with Gasteiger partial charge in [-0.1, -0.05) is 44.3 Å². The van der Waals surface area contributed by atoms with Crippen molar-refractivity contribution in [2.45, 2.75) is 59.7 Å². The maximum absolute atomic E-state index is 13.1. The van der Waals surface area contributed by atoms with Crippen LogP contribution in [0.4, 0.5) is 11.5 Å². The number of aromatic nitrogens is 4. The highest BCUT2D eigenvalue weighted by Crippen LogP contribution is 2.30. The summed E-state index contributed by atoms with van der Waals surface area (Å²) in [5.74, 6) is 1.73. The summed E-state index contributed by atoms with van der Waals surface area (Å²) in [5.41, 5.74) is 1.55. The van der Waals surface area contributed by atoms with E-state index in [2.05, 4.69) is 42.6 Å². The number of benzene rings is 1. The number of para-hydroxylation sites is 1. The summed E-state index contributed by atoms with van der Waals surface area (Å²) >= 11 is 5.77. The molecule has 3 heterocycles. The number of nitrogens with one attached hydrogen (secondary N) is 1. The molecule has 0 spiro atoms. The van der Waals surface area contributed by atoms with Crippen LogP contribution in [0.25, 0.3) is 11.0 Å². The molecule has 1 aromatic carbocycles. The molecule has 1 aliphatic heterocycles. The van der Waals surface area contributed by atoms with E-state index in [1.165, 1.54) is 0 Å². The summed E-state index contributed by atoms with van der Waals surface area (Å²) in [4.78, 5) is 15.6. The van der Waals surface area contributed by atoms with Gasteiger partial charge < -0.3 is 10.2 Å². The Kier molecular flexibility index (Phi) is 7.05. The van der Waals surface area contributed by atoms with E-state index < -0.39 is 0 Å². The van der Waals surface area contributed by atoms with Crippen LogP contribution in [0.15, 0.2) is 35.1 Å². The lowest BCUT2D eigenvalue weighted by atomic mass is 9.96. The smallest absolute Gasteiger partial charge is 0.330 e. The molecule has 2 aromatic heterocycles. The van der Waals surface area contributed by atoms with Gasteiger partial charge in [0.25, 0.3) is 0 Å². The third-order valence-electron chi connectivity index (χ3n) is 6.62. The van der Waals surface area contributed by atoms with E-state index in [4.69, 9.17) is 17.3 Å². The van der Waals surface area contributed by atoms with Crippen LogP contribution < -0.4 is 11.0 Å². The highest BCUT2D eigenvalue weighted by molar-refractivity contribution is 7.71. The lowest BCUT2D eigenvalue weighted by Crippen LogP contribution is -2.39. The molecule has 3 aromatic rings. The van der Waals surface area contributed by atoms with Gasteiger partial charge in [0.05, 0.1) is 5.39 Å². The molecule has 0 amide bonds. The molecule has 7 nitrogen and oxygen atoms in total. The van der Waals surface area contributed by atoms with E-state index in [1.54, 1.807) is 16.2 Å². The molecule has 0 radical (unpaired) electrons. The molecule has 178 valence electrons. The Hall–Kier alpha value is -2.45. The standard InChI is InChI=1S/C25H36N6OS/c1-17(2)15-30-23-21(24(33)28(5)25(30)32)22(26-20-9-7-6-8-10-20)31(27-23)16-19-11-13-29(14-12-19)18(3)4/h6-10,17-19,26H,11-16H2,1-5H3. The highest BCUT2D eigenvalue weighted by atomic mass is 32.1. The van der Waals surface area contributed by atoms with Crippen molar-refractivity contribution >= 4 is 34.8 Å². The van der Waals surface area contributed by atoms with Gasteiger partial charge in [0.2, 0.25) is 0 Å². The van der Waals surface area contributed by atoms with Crippen LogP contribution in [0.3, 0.4) is 0 Å². The van der Waals surface area contributed by atoms with Crippen molar-refractivity contribution in [3.8, 4) is 0 Å². The molecule has 1 fully saturated rings. The first-order valence-corrected chi connectivity index (χ1v) is 12.4. The fourth-order valence-corrected chi connectivity index (χ4v) is 4.97. The molecule has 1 saturated heterocycles. The molecule has 0 unspecified atom stereocenters. The number of nitrogens with zero attached hydrogens (tertiary/aromatic N) is 5. The van der Waals surface area contributed by atoms with Gasteiger partial charge in [0.15, 0.2) is 5.65 Å². The van der Waals surface area contributed by atoms with Crippen molar-refractivity contribution in [1.82, 2.24) is 23.8 Å². The van der Waals surface area contributed by atoms with Gasteiger partial charge in [-0.3, -0.25) is 9.13 Å². The van der Waals surface area contributed by atoms with Crippen molar-refractivity contribution in [2.24, 2.45) is 18.9 Å². The topological polar surface area (TPSA) is 60.0 Å². The van der Waals surface area contributed by atoms with Crippen LogP contribution in [0.5, 0.6) is 0 Å². The van der Waals surface area contributed by atoms with Gasteiger partial charge in [0, 0.05) is 31.9 Å². The van der Waals surface area contributed by atoms with Crippen molar-refractivity contribution in [3.63, 3.8) is 0 Å². The minimum Gasteiger partial charge on any atom is -0.340 e. The average molecular weight is 469 g/mol. The van der Waals surface area contributed by atoms with Crippen LogP contribution in [-0.4, -0.2) is 42.9 Å². The minimum absolute atomic E-state index is 0.109. The lowest BCUT2D eigenvalue weighted by Gasteiger charge is -2.34. The summed E-state index contributed by atoms with van der Waals surface area (Å²) in [7, 11) is 1.76. The molecule has 1 N–H and O–H groups in total. The Morgan fingerprint density at radius 1 is 1.12 bits per heavy atom. The lowest BCUT2D eigenvalue weighted by molar-refractivity contribution is 0.140. The van der Waals surface area contributed by atoms with Crippen LogP contribution in [0, 0.1) is 16.5 Å². The zero-order valence-corrected chi connectivity index (χ0v) is 21.2. The Balaban J connectivity index is 1.81. The second kappa shape index (κ2) is 9.81. The number of likely N-dealkylation sites (tertiary alicyclic amines) is 1. The monoisotopic (exact) mass is 468 g/mol. The van der Waals surface area contributed by atoms with E-state index in [-0.39, 0.29) is 5.69 Å². The van der Waals surface area contributed by atoms with Crippen LogP contribution >= 0.6 is 12.2 Å². The second-order valence-electron chi connectivity index (χ2n) is 9.94. The normalized spacial score (nSPS) is 15.7. The van der Waals surface area contributed by atoms with Crippen molar-refractivity contribution < 1.29 is 0 Å². The summed E-state index contributed by atoms with van der Waals surface area (Å²) in [6.07, 6.45) is 2.29. The summed E-state index contributed by atoms with van der Waals surface area (Å²) in [6, 6.07) is 10.7. The minimum atomic E-state index is -0.109. The summed E-state index contributed by atoms with van der Waals surface area (Å²) < 4.78 is 5.93. The van der Waals surface area contributed by atoms with Gasteiger partial charge in [0.1, 0.15) is 10.5 Å². The third kappa shape index (κ3) is 4.92. The van der Waals surface area contributed by atoms with Crippen molar-refractivity contribution in [1.29, 1.82) is 0 Å². The number of rotatable bonds is 7. The van der Waals surface area contributed by atoms with E-state index in [0.29, 0.717) is 34.7 Å². The Labute approximate surface area is 201 Å². The van der Waals surface area contributed by atoms with Crippen LogP contribution in [0.2, 0.25) is 0 Å². The molecular formula is C25H36N6OS. The largest absolute Gasteiger partial charge is 0.340 e. The van der Waals surface area contributed by atoms with E-state index in [0.717, 1.165) is 49.4 Å². The van der Waals surface area contributed by atoms with Gasteiger partial charge in [-0.25, -0.2) is 9.48 Å². The fraction of sp³-hybridized carbons (Fsp3) is 0.560. The summed E-state index contributed by atoms with van der Waals surface area (Å²) in [5, 5.41) is 9.41. The van der Waals surface area contributed by atoms with Gasteiger partial charge in [-0.05, 0) is 63.7 Å². The molecule has 0 bridgehead atoms. The predicted octanol–water partition coefficient (Wildman–Crippen LogP) is 4.79. The first kappa shape index (κ1) is 23.7. The van der Waals surface area contributed by atoms with Gasteiger partial charge in [-0.2, -0.15) is 5.10 Å². The van der Waals surface area contributed by atoms with E-state index in [1.807, 2.05) is 30.3 Å². The van der Waals surface area contributed by atoms with Crippen LogP contribution in [0.1, 0.15) is 40.5 Å². The quantitative estimate of drug-likeness (QED) is 0.506. The molecular weight excluding hydrogens is 432 g/mol. The maximum atomic E-state index is 13.1. The summed E-state index contributed by atoms with van der Waals surface area (Å²) in [6.45, 7) is 12.4. The average Bonchev–Trinajstić information content (AvgIpc) is 3.13. The number of hydrogen-bond donors (Lipinski definition) is 1. The zero-order valence-electron chi connectivity index (χ0n) is 20.4. The molecule has 8 heteroatoms. The first-order chi connectivity index (χ1) is 15.8. The zero-order chi connectivity index (χ0) is 23.7. The highest BCUT2D eigenvalue weighted by Gasteiger charge is 2.25. The second-order valence-corrected chi connectivity index (χ2v) is 10.3. The molecule has 33 heavy (non-hydrogen) atoms. The Bertz CT molecular complexity index is 1220. The molecule has 0 atom stereocenters. The van der Waals surface area contributed by atoms with Crippen molar-refractivity contribution in [3.05, 3.63) is 45.5 Å². The number of anilines is 2. The van der Waals surface area contributed by atoms with Crippen LogP contribution in [-0.2, 0) is 20.1 Å². The Morgan fingerprint density at radius 3 is 2.39 bits per heavy atom. The van der Waals surface area contributed by atoms with Gasteiger partial charge >= 0.3 is 5.69 Å². The molecule has 0 saturated carbocycles. The molecule has 0 aliphatic carbocycles. The third-order valence-corrected chi connectivity index (χ3v) is 7.10. The number of hydrogen-bond acceptors (Lipinski definition) is 5. The fourth-order valence-electron chi connectivity index (χ4n) is 4.70. The van der Waals surface area contributed by atoms with Gasteiger partial charge in [-0.15, -0.1) is 0 Å². The molecule has 4 rings (SSSR count). The first-order valence-electron chi connectivity index (χ1n) is 12.0. The van der Waals surface area contributed by atoms with E-state index >= 15 is 0 Å². The van der Waals surface area contributed by atoms with Crippen molar-refractivity contribution in [2.75, 3.05) is 18.4 Å². The van der Waals surface area contributed by atoms with E-state index in [9.17, 15) is 4.79 Å². The predicted molar refractivity (Wildman–Crippen MR) is 138 cm³/mol. The maximum Gasteiger partial charge on any atom is 0.330 e. The number of fused-ring (bicyclic) bond motifs is 1. The number of piperidine rings is 1. The Morgan fingerprint density at radius 2 is 1.79 bits per heavy atom. The SMILES string of the molecule is CC(C)Cn1c(=O)n(C)c(=S)c2c(Nc3ccccc3)n(CC3CCN(C(C)C)CC3)nc21. The molecule has 1 aliphatic rings.